The number of hydrogen-bond donors (Lipinski definition) is 2. The Morgan fingerprint density at radius 1 is 1.16 bits per heavy atom. The van der Waals surface area contributed by atoms with Gasteiger partial charge in [-0.25, -0.2) is 4.79 Å². The first-order valence-electron chi connectivity index (χ1n) is 11.1. The van der Waals surface area contributed by atoms with E-state index in [0.717, 1.165) is 57.9 Å². The summed E-state index contributed by atoms with van der Waals surface area (Å²) in [6.45, 7) is 10.0. The third-order valence-electron chi connectivity index (χ3n) is 5.60. The lowest BCUT2D eigenvalue weighted by atomic mass is 9.98. The predicted molar refractivity (Wildman–Crippen MR) is 138 cm³/mol. The number of carbonyl (C=O) groups excluding carboxylic acids is 1. The van der Waals surface area contributed by atoms with E-state index in [4.69, 9.17) is 4.74 Å². The molecule has 8 heteroatoms. The third-order valence-corrected chi connectivity index (χ3v) is 5.60. The molecular weight excluding hydrogens is 505 g/mol. The van der Waals surface area contributed by atoms with Gasteiger partial charge in [-0.1, -0.05) is 18.2 Å². The van der Waals surface area contributed by atoms with Gasteiger partial charge < -0.3 is 25.2 Å². The number of guanidine groups is 1. The molecule has 2 aliphatic rings. The van der Waals surface area contributed by atoms with Gasteiger partial charge in [0.1, 0.15) is 5.60 Å². The lowest BCUT2D eigenvalue weighted by molar-refractivity contribution is 0.0168. The second-order valence-corrected chi connectivity index (χ2v) is 9.30. The van der Waals surface area contributed by atoms with Crippen LogP contribution in [-0.2, 0) is 4.74 Å². The molecule has 0 radical (unpaired) electrons. The monoisotopic (exact) mass is 543 g/mol. The minimum atomic E-state index is -0.455. The Bertz CT molecular complexity index is 722. The standard InChI is InChI=1S/C23H37N5O2.HI/c1-23(2,3)30-22(29)28-13-8-9-18(16-28)15-25-21(24-4)26-19-12-14-27(17-19)20-10-6-5-7-11-20;/h5-7,10-11,18-19H,8-9,12-17H2,1-4H3,(H2,24,25,26);1H. The van der Waals surface area contributed by atoms with Crippen molar-refractivity contribution in [2.75, 3.05) is 44.7 Å². The van der Waals surface area contributed by atoms with E-state index < -0.39 is 5.60 Å². The minimum Gasteiger partial charge on any atom is -0.444 e. The van der Waals surface area contributed by atoms with Crippen LogP contribution in [0.5, 0.6) is 0 Å². The Hall–Kier alpha value is -1.71. The van der Waals surface area contributed by atoms with Crippen molar-refractivity contribution in [1.29, 1.82) is 0 Å². The van der Waals surface area contributed by atoms with Crippen LogP contribution in [0, 0.1) is 5.92 Å². The Labute approximate surface area is 204 Å². The number of piperidine rings is 1. The van der Waals surface area contributed by atoms with Crippen LogP contribution in [0.15, 0.2) is 35.3 Å². The number of nitrogens with one attached hydrogen (secondary N) is 2. The number of benzene rings is 1. The van der Waals surface area contributed by atoms with Crippen molar-refractivity contribution < 1.29 is 9.53 Å². The molecule has 2 atom stereocenters. The topological polar surface area (TPSA) is 69.2 Å². The van der Waals surface area contributed by atoms with Crippen LogP contribution < -0.4 is 15.5 Å². The maximum Gasteiger partial charge on any atom is 0.410 e. The normalized spacial score (nSPS) is 22.0. The van der Waals surface area contributed by atoms with Crippen molar-refractivity contribution >= 4 is 41.7 Å². The zero-order valence-electron chi connectivity index (χ0n) is 19.3. The van der Waals surface area contributed by atoms with Gasteiger partial charge in [0.25, 0.3) is 0 Å². The van der Waals surface area contributed by atoms with Crippen LogP contribution in [-0.4, -0.2) is 68.4 Å². The summed E-state index contributed by atoms with van der Waals surface area (Å²) < 4.78 is 5.53. The van der Waals surface area contributed by atoms with Crippen molar-refractivity contribution in [3.8, 4) is 0 Å². The lowest BCUT2D eigenvalue weighted by Gasteiger charge is -2.34. The van der Waals surface area contributed by atoms with E-state index in [0.29, 0.717) is 12.0 Å². The summed E-state index contributed by atoms with van der Waals surface area (Å²) in [7, 11) is 1.81. The Morgan fingerprint density at radius 2 is 1.90 bits per heavy atom. The maximum absolute atomic E-state index is 12.4. The number of ether oxygens (including phenoxy) is 1. The van der Waals surface area contributed by atoms with Crippen molar-refractivity contribution in [3.05, 3.63) is 30.3 Å². The van der Waals surface area contributed by atoms with Gasteiger partial charge in [0.05, 0.1) is 0 Å². The fraction of sp³-hybridized carbons (Fsp3) is 0.652. The molecule has 2 fully saturated rings. The highest BCUT2D eigenvalue weighted by Gasteiger charge is 2.28. The predicted octanol–water partition coefficient (Wildman–Crippen LogP) is 3.70. The number of anilines is 1. The van der Waals surface area contributed by atoms with E-state index in [1.54, 1.807) is 0 Å². The molecule has 0 spiro atoms. The quantitative estimate of drug-likeness (QED) is 0.345. The van der Waals surface area contributed by atoms with Crippen LogP contribution in [0.4, 0.5) is 10.5 Å². The number of carbonyl (C=O) groups is 1. The molecule has 31 heavy (non-hydrogen) atoms. The molecule has 2 N–H and O–H groups in total. The molecule has 0 aromatic heterocycles. The molecule has 1 aromatic carbocycles. The van der Waals surface area contributed by atoms with Gasteiger partial charge >= 0.3 is 6.09 Å². The summed E-state index contributed by atoms with van der Waals surface area (Å²) in [6.07, 6.45) is 2.99. The second kappa shape index (κ2) is 11.8. The van der Waals surface area contributed by atoms with Crippen molar-refractivity contribution in [2.24, 2.45) is 10.9 Å². The largest absolute Gasteiger partial charge is 0.444 e. The van der Waals surface area contributed by atoms with E-state index >= 15 is 0 Å². The molecule has 2 saturated heterocycles. The lowest BCUT2D eigenvalue weighted by Crippen LogP contribution is -2.49. The van der Waals surface area contributed by atoms with Gasteiger partial charge in [0.2, 0.25) is 0 Å². The number of para-hydroxylation sites is 1. The van der Waals surface area contributed by atoms with Crippen molar-refractivity contribution in [2.45, 2.75) is 51.7 Å². The van der Waals surface area contributed by atoms with Gasteiger partial charge in [-0.2, -0.15) is 0 Å². The molecule has 7 nitrogen and oxygen atoms in total. The minimum absolute atomic E-state index is 0. The summed E-state index contributed by atoms with van der Waals surface area (Å²) >= 11 is 0. The summed E-state index contributed by atoms with van der Waals surface area (Å²) in [5.74, 6) is 1.23. The highest BCUT2D eigenvalue weighted by molar-refractivity contribution is 14.0. The number of hydrogen-bond acceptors (Lipinski definition) is 4. The Morgan fingerprint density at radius 3 is 2.58 bits per heavy atom. The van der Waals surface area contributed by atoms with Crippen LogP contribution >= 0.6 is 24.0 Å². The first-order valence-corrected chi connectivity index (χ1v) is 11.1. The van der Waals surface area contributed by atoms with Crippen molar-refractivity contribution in [3.63, 3.8) is 0 Å². The number of aliphatic imine (C=N–C) groups is 1. The first-order chi connectivity index (χ1) is 14.3. The van der Waals surface area contributed by atoms with E-state index in [1.807, 2.05) is 32.7 Å². The summed E-state index contributed by atoms with van der Waals surface area (Å²) in [4.78, 5) is 21.0. The number of nitrogens with zero attached hydrogens (tertiary/aromatic N) is 3. The van der Waals surface area contributed by atoms with Gasteiger partial charge in [-0.15, -0.1) is 24.0 Å². The fourth-order valence-electron chi connectivity index (χ4n) is 4.10. The molecule has 3 rings (SSSR count). The van der Waals surface area contributed by atoms with Gasteiger partial charge in [-0.05, 0) is 58.1 Å². The maximum atomic E-state index is 12.4. The van der Waals surface area contributed by atoms with E-state index in [2.05, 4.69) is 50.9 Å². The molecule has 174 valence electrons. The highest BCUT2D eigenvalue weighted by Crippen LogP contribution is 2.20. The summed E-state index contributed by atoms with van der Waals surface area (Å²) in [5.41, 5.74) is 0.817. The summed E-state index contributed by atoms with van der Waals surface area (Å²) in [6, 6.07) is 10.9. The SMILES string of the molecule is CN=C(NCC1CCCN(C(=O)OC(C)(C)C)C1)NC1CCN(c2ccccc2)C1.I. The zero-order chi connectivity index (χ0) is 21.6. The van der Waals surface area contributed by atoms with E-state index in [1.165, 1.54) is 5.69 Å². The second-order valence-electron chi connectivity index (χ2n) is 9.30. The Kier molecular flexibility index (Phi) is 9.71. The molecule has 0 bridgehead atoms. The number of likely N-dealkylation sites (tertiary alicyclic amines) is 1. The fourth-order valence-corrected chi connectivity index (χ4v) is 4.10. The third kappa shape index (κ3) is 8.05. The molecular formula is C23H38IN5O2. The van der Waals surface area contributed by atoms with Crippen LogP contribution in [0.1, 0.15) is 40.0 Å². The molecule has 2 unspecified atom stereocenters. The number of amides is 1. The molecule has 1 amide bonds. The molecule has 0 aliphatic carbocycles. The van der Waals surface area contributed by atoms with Crippen LogP contribution in [0.2, 0.25) is 0 Å². The number of halogens is 1. The first kappa shape index (κ1) is 25.5. The van der Waals surface area contributed by atoms with Crippen LogP contribution in [0.25, 0.3) is 0 Å². The molecule has 2 heterocycles. The molecule has 1 aromatic rings. The average Bonchev–Trinajstić information content (AvgIpc) is 3.19. The van der Waals surface area contributed by atoms with Gasteiger partial charge in [-0.3, -0.25) is 4.99 Å². The van der Waals surface area contributed by atoms with Crippen LogP contribution in [0.3, 0.4) is 0 Å². The zero-order valence-corrected chi connectivity index (χ0v) is 21.6. The number of rotatable bonds is 4. The molecule has 0 saturated carbocycles. The van der Waals surface area contributed by atoms with E-state index in [-0.39, 0.29) is 30.1 Å². The Balaban J connectivity index is 0.00000341. The van der Waals surface area contributed by atoms with Crippen molar-refractivity contribution in [1.82, 2.24) is 15.5 Å². The molecule has 2 aliphatic heterocycles. The van der Waals surface area contributed by atoms with E-state index in [9.17, 15) is 4.79 Å². The average molecular weight is 543 g/mol. The van der Waals surface area contributed by atoms with Gasteiger partial charge in [0, 0.05) is 51.5 Å². The smallest absolute Gasteiger partial charge is 0.410 e. The summed E-state index contributed by atoms with van der Waals surface area (Å²) in [5, 5.41) is 7.03. The van der Waals surface area contributed by atoms with Gasteiger partial charge in [0.15, 0.2) is 5.96 Å². The highest BCUT2D eigenvalue weighted by atomic mass is 127.